The molecule has 0 saturated heterocycles. The van der Waals surface area contributed by atoms with Gasteiger partial charge in [0, 0.05) is 13.6 Å². The molecule has 0 spiro atoms. The van der Waals surface area contributed by atoms with E-state index in [-0.39, 0.29) is 25.0 Å². The zero-order valence-corrected chi connectivity index (χ0v) is 12.4. The molecule has 5 nitrogen and oxygen atoms in total. The number of amides is 2. The van der Waals surface area contributed by atoms with Crippen LogP contribution >= 0.6 is 0 Å². The molecule has 0 aromatic heterocycles. The first-order valence-corrected chi connectivity index (χ1v) is 6.62. The lowest BCUT2D eigenvalue weighted by Crippen LogP contribution is -2.39. The molecule has 1 aromatic carbocycles. The van der Waals surface area contributed by atoms with Crippen LogP contribution in [-0.4, -0.2) is 35.6 Å². The van der Waals surface area contributed by atoms with E-state index in [0.717, 1.165) is 11.1 Å². The molecule has 5 heteroatoms. The lowest BCUT2D eigenvalue weighted by molar-refractivity contribution is -0.136. The van der Waals surface area contributed by atoms with Crippen molar-refractivity contribution >= 4 is 12.0 Å². The van der Waals surface area contributed by atoms with Crippen LogP contribution in [0.15, 0.2) is 18.2 Å². The maximum Gasteiger partial charge on any atom is 0.317 e. The number of nitrogens with zero attached hydrogens (tertiary/aromatic N) is 1. The molecule has 0 radical (unpaired) electrons. The summed E-state index contributed by atoms with van der Waals surface area (Å²) in [6.07, 6.45) is -0.0719. The number of hydrogen-bond acceptors (Lipinski definition) is 2. The Kier molecular flexibility index (Phi) is 5.55. The molecular formula is C15H22N2O3. The Morgan fingerprint density at radius 2 is 2.00 bits per heavy atom. The first-order valence-electron chi connectivity index (χ1n) is 6.62. The molecule has 1 rings (SSSR count). The Labute approximate surface area is 119 Å². The van der Waals surface area contributed by atoms with E-state index in [9.17, 15) is 9.59 Å². The van der Waals surface area contributed by atoms with E-state index in [1.54, 1.807) is 11.9 Å². The number of carboxylic acid groups (broad SMARTS) is 1. The van der Waals surface area contributed by atoms with Crippen LogP contribution in [0, 0.1) is 13.8 Å². The maximum absolute atomic E-state index is 11.9. The molecular weight excluding hydrogens is 256 g/mol. The van der Waals surface area contributed by atoms with Gasteiger partial charge in [-0.2, -0.15) is 0 Å². The monoisotopic (exact) mass is 278 g/mol. The van der Waals surface area contributed by atoms with Crippen molar-refractivity contribution in [3.63, 3.8) is 0 Å². The number of rotatable bonds is 5. The summed E-state index contributed by atoms with van der Waals surface area (Å²) < 4.78 is 0. The van der Waals surface area contributed by atoms with E-state index in [2.05, 4.69) is 11.4 Å². The Hall–Kier alpha value is -2.04. The van der Waals surface area contributed by atoms with Crippen molar-refractivity contribution in [2.45, 2.75) is 33.2 Å². The molecule has 0 saturated carbocycles. The van der Waals surface area contributed by atoms with Crippen LogP contribution in [0.1, 0.15) is 36.1 Å². The van der Waals surface area contributed by atoms with E-state index >= 15 is 0 Å². The average molecular weight is 278 g/mol. The Bertz CT molecular complexity index is 500. The van der Waals surface area contributed by atoms with E-state index < -0.39 is 5.97 Å². The highest BCUT2D eigenvalue weighted by atomic mass is 16.4. The van der Waals surface area contributed by atoms with Gasteiger partial charge < -0.3 is 15.3 Å². The zero-order chi connectivity index (χ0) is 15.3. The van der Waals surface area contributed by atoms with Gasteiger partial charge in [-0.25, -0.2) is 4.79 Å². The van der Waals surface area contributed by atoms with E-state index in [1.807, 2.05) is 32.9 Å². The summed E-state index contributed by atoms with van der Waals surface area (Å²) in [5.41, 5.74) is 3.42. The molecule has 20 heavy (non-hydrogen) atoms. The second kappa shape index (κ2) is 6.93. The number of urea groups is 1. The second-order valence-corrected chi connectivity index (χ2v) is 5.02. The van der Waals surface area contributed by atoms with Gasteiger partial charge in [0.05, 0.1) is 12.5 Å². The molecule has 0 aliphatic heterocycles. The fourth-order valence-corrected chi connectivity index (χ4v) is 2.08. The highest BCUT2D eigenvalue weighted by Gasteiger charge is 2.18. The molecule has 0 fully saturated rings. The normalized spacial score (nSPS) is 11.8. The van der Waals surface area contributed by atoms with Crippen molar-refractivity contribution in [2.24, 2.45) is 0 Å². The highest BCUT2D eigenvalue weighted by molar-refractivity contribution is 5.75. The van der Waals surface area contributed by atoms with Gasteiger partial charge in [-0.15, -0.1) is 0 Å². The quantitative estimate of drug-likeness (QED) is 0.869. The zero-order valence-electron chi connectivity index (χ0n) is 12.4. The number of hydrogen-bond donors (Lipinski definition) is 2. The van der Waals surface area contributed by atoms with E-state index in [0.29, 0.717) is 0 Å². The minimum Gasteiger partial charge on any atom is -0.481 e. The van der Waals surface area contributed by atoms with Crippen molar-refractivity contribution in [2.75, 3.05) is 13.6 Å². The lowest BCUT2D eigenvalue weighted by Gasteiger charge is -2.27. The molecule has 1 atom stereocenters. The molecule has 0 bridgehead atoms. The minimum atomic E-state index is -0.921. The van der Waals surface area contributed by atoms with Gasteiger partial charge in [-0.3, -0.25) is 4.79 Å². The third-order valence-electron chi connectivity index (χ3n) is 3.39. The molecule has 1 unspecified atom stereocenters. The Morgan fingerprint density at radius 1 is 1.35 bits per heavy atom. The molecule has 0 aliphatic rings. The maximum atomic E-state index is 11.9. The molecule has 2 N–H and O–H groups in total. The predicted octanol–water partition coefficient (Wildman–Crippen LogP) is 2.48. The van der Waals surface area contributed by atoms with E-state index in [4.69, 9.17) is 5.11 Å². The SMILES string of the molecule is Cc1ccc(C(C)N(C)C(=O)NCCC(=O)O)c(C)c1. The first kappa shape index (κ1) is 16.0. The molecule has 1 aromatic rings. The van der Waals surface area contributed by atoms with Crippen LogP contribution in [0.5, 0.6) is 0 Å². The summed E-state index contributed by atoms with van der Waals surface area (Å²) >= 11 is 0. The standard InChI is InChI=1S/C15H22N2O3/c1-10-5-6-13(11(2)9-10)12(3)17(4)15(20)16-8-7-14(18)19/h5-6,9,12H,7-8H2,1-4H3,(H,16,20)(H,18,19). The number of aryl methyl sites for hydroxylation is 2. The summed E-state index contributed by atoms with van der Waals surface area (Å²) in [6, 6.07) is 5.80. The minimum absolute atomic E-state index is 0.0690. The fraction of sp³-hybridized carbons (Fsp3) is 0.467. The summed E-state index contributed by atoms with van der Waals surface area (Å²) in [5.74, 6) is -0.921. The summed E-state index contributed by atoms with van der Waals surface area (Å²) in [5, 5.41) is 11.2. The molecule has 0 aliphatic carbocycles. The number of nitrogens with one attached hydrogen (secondary N) is 1. The summed E-state index contributed by atoms with van der Waals surface area (Å²) in [6.45, 7) is 6.14. The molecule has 2 amide bonds. The van der Waals surface area contributed by atoms with Crippen LogP contribution < -0.4 is 5.32 Å². The van der Waals surface area contributed by atoms with Crippen molar-refractivity contribution in [1.82, 2.24) is 10.2 Å². The Morgan fingerprint density at radius 3 is 2.55 bits per heavy atom. The number of carbonyl (C=O) groups excluding carboxylic acids is 1. The lowest BCUT2D eigenvalue weighted by atomic mass is 10.00. The second-order valence-electron chi connectivity index (χ2n) is 5.02. The third kappa shape index (κ3) is 4.26. The smallest absolute Gasteiger partial charge is 0.317 e. The van der Waals surface area contributed by atoms with Gasteiger partial charge in [0.15, 0.2) is 0 Å². The number of aliphatic carboxylic acids is 1. The Balaban J connectivity index is 2.68. The number of carboxylic acids is 1. The third-order valence-corrected chi connectivity index (χ3v) is 3.39. The van der Waals surface area contributed by atoms with Gasteiger partial charge in [-0.1, -0.05) is 23.8 Å². The van der Waals surface area contributed by atoms with Gasteiger partial charge in [-0.05, 0) is 31.9 Å². The van der Waals surface area contributed by atoms with Gasteiger partial charge in [0.1, 0.15) is 0 Å². The highest BCUT2D eigenvalue weighted by Crippen LogP contribution is 2.23. The predicted molar refractivity (Wildman–Crippen MR) is 77.7 cm³/mol. The van der Waals surface area contributed by atoms with Crippen molar-refractivity contribution in [3.05, 3.63) is 34.9 Å². The number of carbonyl (C=O) groups is 2. The van der Waals surface area contributed by atoms with Gasteiger partial charge >= 0.3 is 12.0 Å². The van der Waals surface area contributed by atoms with Gasteiger partial charge in [0.2, 0.25) is 0 Å². The van der Waals surface area contributed by atoms with Crippen LogP contribution in [0.25, 0.3) is 0 Å². The summed E-state index contributed by atoms with van der Waals surface area (Å²) in [4.78, 5) is 23.9. The van der Waals surface area contributed by atoms with Crippen molar-refractivity contribution in [3.8, 4) is 0 Å². The van der Waals surface area contributed by atoms with Crippen LogP contribution in [0.4, 0.5) is 4.79 Å². The summed E-state index contributed by atoms with van der Waals surface area (Å²) in [7, 11) is 1.71. The van der Waals surface area contributed by atoms with Crippen LogP contribution in [-0.2, 0) is 4.79 Å². The topological polar surface area (TPSA) is 69.6 Å². The van der Waals surface area contributed by atoms with Crippen LogP contribution in [0.2, 0.25) is 0 Å². The van der Waals surface area contributed by atoms with E-state index in [1.165, 1.54) is 5.56 Å². The number of benzene rings is 1. The first-order chi connectivity index (χ1) is 9.32. The van der Waals surface area contributed by atoms with Crippen molar-refractivity contribution < 1.29 is 14.7 Å². The van der Waals surface area contributed by atoms with Crippen LogP contribution in [0.3, 0.4) is 0 Å². The fourth-order valence-electron chi connectivity index (χ4n) is 2.08. The molecule has 0 heterocycles. The van der Waals surface area contributed by atoms with Crippen molar-refractivity contribution in [1.29, 1.82) is 0 Å². The largest absolute Gasteiger partial charge is 0.481 e. The molecule has 110 valence electrons. The average Bonchev–Trinajstić information content (AvgIpc) is 2.36. The van der Waals surface area contributed by atoms with Gasteiger partial charge in [0.25, 0.3) is 0 Å².